The number of nitrogens with zero attached hydrogens (tertiary/aromatic N) is 3. The zero-order valence-electron chi connectivity index (χ0n) is 27.9. The maximum atomic E-state index is 14.0. The van der Waals surface area contributed by atoms with Crippen LogP contribution < -0.4 is 9.47 Å². The first kappa shape index (κ1) is 35.5. The molecule has 3 amide bonds. The molecule has 2 aromatic carbocycles. The van der Waals surface area contributed by atoms with Crippen molar-refractivity contribution in [3.05, 3.63) is 59.7 Å². The van der Waals surface area contributed by atoms with Gasteiger partial charge in [-0.1, -0.05) is 30.3 Å². The highest BCUT2D eigenvalue weighted by Crippen LogP contribution is 2.31. The van der Waals surface area contributed by atoms with Crippen LogP contribution in [-0.2, 0) is 20.8 Å². The van der Waals surface area contributed by atoms with E-state index in [1.807, 2.05) is 65.0 Å². The van der Waals surface area contributed by atoms with Crippen molar-refractivity contribution in [1.29, 1.82) is 0 Å². The molecule has 1 aliphatic heterocycles. The average Bonchev–Trinajstić information content (AvgIpc) is 3.43. The normalized spacial score (nSPS) is 16.3. The van der Waals surface area contributed by atoms with Crippen LogP contribution in [0.5, 0.6) is 11.5 Å². The van der Waals surface area contributed by atoms with E-state index in [9.17, 15) is 14.4 Å². The number of carbonyl (C=O) groups is 3. The van der Waals surface area contributed by atoms with Gasteiger partial charge < -0.3 is 38.4 Å². The second-order valence-electron chi connectivity index (χ2n) is 12.5. The molecule has 3 rings (SSSR count). The molecule has 11 heteroatoms. The van der Waals surface area contributed by atoms with E-state index in [-0.39, 0.29) is 31.0 Å². The van der Waals surface area contributed by atoms with Crippen molar-refractivity contribution in [3.8, 4) is 11.5 Å². The number of ether oxygens (including phenoxy) is 5. The van der Waals surface area contributed by atoms with Crippen molar-refractivity contribution >= 4 is 18.1 Å². The minimum Gasteiger partial charge on any atom is -0.493 e. The predicted octanol–water partition coefficient (Wildman–Crippen LogP) is 5.47. The third kappa shape index (κ3) is 10.3. The Morgan fingerprint density at radius 3 is 2.31 bits per heavy atom. The van der Waals surface area contributed by atoms with Crippen LogP contribution in [0.2, 0.25) is 0 Å². The summed E-state index contributed by atoms with van der Waals surface area (Å²) in [5, 5.41) is 0. The lowest BCUT2D eigenvalue weighted by molar-refractivity contribution is 0.0275. The molecule has 0 spiro atoms. The van der Waals surface area contributed by atoms with Gasteiger partial charge in [0.25, 0.3) is 5.91 Å². The fourth-order valence-corrected chi connectivity index (χ4v) is 5.16. The number of hydrogen-bond donors (Lipinski definition) is 0. The van der Waals surface area contributed by atoms with E-state index >= 15 is 0 Å². The van der Waals surface area contributed by atoms with Gasteiger partial charge in [0.05, 0.1) is 19.8 Å². The van der Waals surface area contributed by atoms with Crippen molar-refractivity contribution < 1.29 is 38.1 Å². The molecule has 248 valence electrons. The molecule has 1 saturated heterocycles. The lowest BCUT2D eigenvalue weighted by Gasteiger charge is -2.34. The number of carbonyl (C=O) groups excluding carboxylic acids is 3. The number of rotatable bonds is 13. The molecule has 0 radical (unpaired) electrons. The maximum absolute atomic E-state index is 14.0. The monoisotopic (exact) mass is 627 g/mol. The molecule has 45 heavy (non-hydrogen) atoms. The third-order valence-corrected chi connectivity index (χ3v) is 7.53. The van der Waals surface area contributed by atoms with Gasteiger partial charge in [-0.2, -0.15) is 0 Å². The predicted molar refractivity (Wildman–Crippen MR) is 171 cm³/mol. The summed E-state index contributed by atoms with van der Waals surface area (Å²) < 4.78 is 27.7. The van der Waals surface area contributed by atoms with Gasteiger partial charge in [0, 0.05) is 64.3 Å². The van der Waals surface area contributed by atoms with Crippen LogP contribution in [-0.4, -0.2) is 105 Å². The van der Waals surface area contributed by atoms with Crippen molar-refractivity contribution in [2.45, 2.75) is 65.3 Å². The van der Waals surface area contributed by atoms with Crippen LogP contribution in [0.3, 0.4) is 0 Å². The fraction of sp³-hybridized carbons (Fsp3) is 0.559. The van der Waals surface area contributed by atoms with Crippen molar-refractivity contribution in [2.75, 3.05) is 54.1 Å². The van der Waals surface area contributed by atoms with Gasteiger partial charge >= 0.3 is 12.2 Å². The maximum Gasteiger partial charge on any atom is 0.410 e. The van der Waals surface area contributed by atoms with Gasteiger partial charge in [-0.05, 0) is 58.4 Å². The molecular weight excluding hydrogens is 578 g/mol. The van der Waals surface area contributed by atoms with Gasteiger partial charge in [0.2, 0.25) is 0 Å². The number of likely N-dealkylation sites (tertiary alicyclic amines) is 1. The van der Waals surface area contributed by atoms with Crippen LogP contribution in [0.4, 0.5) is 9.59 Å². The van der Waals surface area contributed by atoms with Crippen LogP contribution in [0, 0.1) is 5.92 Å². The Bertz CT molecular complexity index is 1260. The molecule has 0 unspecified atom stereocenters. The van der Waals surface area contributed by atoms with Crippen molar-refractivity contribution in [3.63, 3.8) is 0 Å². The molecule has 0 aromatic heterocycles. The SMILES string of the molecule is COCCCOc1cc(C(=O)N(C[C@@H]2CN(C(=O)OC(C)(C)C)C[C@H]2N(C)C(=O)OCc2ccccc2)C(C)C)ccc1OC. The third-order valence-electron chi connectivity index (χ3n) is 7.53. The van der Waals surface area contributed by atoms with Gasteiger partial charge in [0.15, 0.2) is 11.5 Å². The second-order valence-corrected chi connectivity index (χ2v) is 12.5. The van der Waals surface area contributed by atoms with Crippen LogP contribution in [0.25, 0.3) is 0 Å². The number of hydrogen-bond acceptors (Lipinski definition) is 8. The number of methoxy groups -OCH3 is 2. The molecule has 1 fully saturated rings. The summed E-state index contributed by atoms with van der Waals surface area (Å²) in [6, 6.07) is 14.0. The Morgan fingerprint density at radius 2 is 1.69 bits per heavy atom. The molecule has 0 aliphatic carbocycles. The molecule has 1 heterocycles. The van der Waals surface area contributed by atoms with E-state index in [4.69, 9.17) is 23.7 Å². The first-order valence-electron chi connectivity index (χ1n) is 15.4. The number of amides is 3. The van der Waals surface area contributed by atoms with E-state index in [0.29, 0.717) is 49.8 Å². The van der Waals surface area contributed by atoms with Gasteiger partial charge in [-0.25, -0.2) is 9.59 Å². The first-order valence-corrected chi connectivity index (χ1v) is 15.4. The molecule has 2 atom stereocenters. The Morgan fingerprint density at radius 1 is 0.978 bits per heavy atom. The minimum atomic E-state index is -0.678. The summed E-state index contributed by atoms with van der Waals surface area (Å²) in [7, 11) is 4.85. The molecule has 0 saturated carbocycles. The topological polar surface area (TPSA) is 107 Å². The summed E-state index contributed by atoms with van der Waals surface area (Å²) >= 11 is 0. The number of likely N-dealkylation sites (N-methyl/N-ethyl adjacent to an activating group) is 1. The molecule has 0 bridgehead atoms. The standard InChI is InChI=1S/C34H49N3O8/c1-24(2)37(31(38)26-15-16-29(42-8)30(19-26)43-18-12-17-41-7)21-27-20-36(33(40)45-34(3,4)5)22-28(27)35(6)32(39)44-23-25-13-10-9-11-14-25/h9-11,13-16,19,24,27-28H,12,17-18,20-23H2,1-8H3/t27-,28+/m0/s1. The van der Waals surface area contributed by atoms with E-state index < -0.39 is 23.8 Å². The van der Waals surface area contributed by atoms with Gasteiger partial charge in [0.1, 0.15) is 12.2 Å². The first-order chi connectivity index (χ1) is 21.3. The van der Waals surface area contributed by atoms with E-state index in [1.54, 1.807) is 49.3 Å². The highest BCUT2D eigenvalue weighted by Gasteiger charge is 2.42. The average molecular weight is 628 g/mol. The van der Waals surface area contributed by atoms with Crippen molar-refractivity contribution in [1.82, 2.24) is 14.7 Å². The fourth-order valence-electron chi connectivity index (χ4n) is 5.16. The Labute approximate surface area is 267 Å². The van der Waals surface area contributed by atoms with Crippen LogP contribution in [0.15, 0.2) is 48.5 Å². The summed E-state index contributed by atoms with van der Waals surface area (Å²) in [6.45, 7) is 11.3. The molecule has 0 N–H and O–H groups in total. The smallest absolute Gasteiger partial charge is 0.410 e. The Kier molecular flexibility index (Phi) is 12.9. The van der Waals surface area contributed by atoms with E-state index in [0.717, 1.165) is 5.56 Å². The highest BCUT2D eigenvalue weighted by molar-refractivity contribution is 5.95. The van der Waals surface area contributed by atoms with E-state index in [2.05, 4.69) is 0 Å². The molecule has 1 aliphatic rings. The van der Waals surface area contributed by atoms with Gasteiger partial charge in [-0.3, -0.25) is 4.79 Å². The summed E-state index contributed by atoms with van der Waals surface area (Å²) in [5.41, 5.74) is 0.638. The highest BCUT2D eigenvalue weighted by atomic mass is 16.6. The summed E-state index contributed by atoms with van der Waals surface area (Å²) in [6.07, 6.45) is -0.282. The van der Waals surface area contributed by atoms with Crippen LogP contribution in [0.1, 0.15) is 57.0 Å². The lowest BCUT2D eigenvalue weighted by Crippen LogP contribution is -2.48. The Balaban J connectivity index is 1.83. The zero-order valence-corrected chi connectivity index (χ0v) is 27.9. The van der Waals surface area contributed by atoms with Gasteiger partial charge in [-0.15, -0.1) is 0 Å². The lowest BCUT2D eigenvalue weighted by atomic mass is 10.0. The number of benzene rings is 2. The minimum absolute atomic E-state index is 0.126. The Hall–Kier alpha value is -3.99. The van der Waals surface area contributed by atoms with Crippen molar-refractivity contribution in [2.24, 2.45) is 5.92 Å². The quantitative estimate of drug-likeness (QED) is 0.270. The summed E-state index contributed by atoms with van der Waals surface area (Å²) in [4.78, 5) is 45.2. The second kappa shape index (κ2) is 16.4. The molecule has 2 aromatic rings. The molecular formula is C34H49N3O8. The largest absolute Gasteiger partial charge is 0.493 e. The van der Waals surface area contributed by atoms with E-state index in [1.165, 1.54) is 4.90 Å². The molecule has 11 nitrogen and oxygen atoms in total. The summed E-state index contributed by atoms with van der Waals surface area (Å²) in [5.74, 6) is 0.540. The zero-order chi connectivity index (χ0) is 33.1. The van der Waals surface area contributed by atoms with Crippen LogP contribution >= 0.6 is 0 Å².